The van der Waals surface area contributed by atoms with Gasteiger partial charge in [0.1, 0.15) is 0 Å². The van der Waals surface area contributed by atoms with Crippen LogP contribution < -0.4 is 51.4 Å². The maximum absolute atomic E-state index is 10.5. The summed E-state index contributed by atoms with van der Waals surface area (Å²) in [7, 11) is -4.02. The average Bonchev–Trinajstić information content (AvgIpc) is 2.66. The summed E-state index contributed by atoms with van der Waals surface area (Å²) in [6, 6.07) is 0. The largest absolute Gasteiger partial charge is 1.00 e. The minimum Gasteiger partial charge on any atom is -0.748 e. The van der Waals surface area contributed by atoms with Gasteiger partial charge >= 0.3 is 51.4 Å². The van der Waals surface area contributed by atoms with E-state index in [9.17, 15) is 18.1 Å². The van der Waals surface area contributed by atoms with Gasteiger partial charge in [-0.1, -0.05) is 122 Å². The van der Waals surface area contributed by atoms with Crippen LogP contribution in [-0.4, -0.2) is 29.9 Å². The Labute approximate surface area is 230 Å². The van der Waals surface area contributed by atoms with E-state index in [0.717, 1.165) is 38.5 Å². The maximum Gasteiger partial charge on any atom is 1.00 e. The fourth-order valence-corrected chi connectivity index (χ4v) is 4.47. The van der Waals surface area contributed by atoms with E-state index >= 15 is 0 Å². The van der Waals surface area contributed by atoms with Crippen molar-refractivity contribution in [3.8, 4) is 0 Å². The SMILES string of the molecule is CCCCCCCCCCCC(O)CCCCCCCCCCCCS(=O)(=O)[O-].[K+]. The first kappa shape index (κ1) is 33.7. The zero-order valence-electron chi connectivity index (χ0n) is 20.2. The Hall–Kier alpha value is 1.51. The Morgan fingerprint density at radius 1 is 0.600 bits per heavy atom. The van der Waals surface area contributed by atoms with Crippen molar-refractivity contribution in [2.45, 2.75) is 148 Å². The minimum absolute atomic E-state index is 0. The molecule has 30 heavy (non-hydrogen) atoms. The molecule has 0 rings (SSSR count). The molecule has 0 radical (unpaired) electrons. The molecule has 0 bridgehead atoms. The van der Waals surface area contributed by atoms with Gasteiger partial charge in [0, 0.05) is 5.75 Å². The number of hydrogen-bond donors (Lipinski definition) is 1. The standard InChI is InChI=1S/C24H50O4S.K/c1-2-3-4-5-6-9-12-15-18-21-24(25)22-19-16-13-10-7-8-11-14-17-20-23-29(26,27)28;/h24-25H,2-23H2,1H3,(H,26,27,28);/q;+1/p-1. The second-order valence-corrected chi connectivity index (χ2v) is 10.4. The molecule has 6 heteroatoms. The van der Waals surface area contributed by atoms with Crippen molar-refractivity contribution in [2.24, 2.45) is 0 Å². The van der Waals surface area contributed by atoms with Gasteiger partial charge in [-0.05, 0) is 19.3 Å². The first-order chi connectivity index (χ1) is 14.0. The van der Waals surface area contributed by atoms with Crippen molar-refractivity contribution in [2.75, 3.05) is 5.75 Å². The van der Waals surface area contributed by atoms with E-state index < -0.39 is 10.1 Å². The van der Waals surface area contributed by atoms with Gasteiger partial charge in [0.05, 0.1) is 16.2 Å². The molecule has 0 aliphatic carbocycles. The molecule has 0 aromatic heterocycles. The number of hydrogen-bond acceptors (Lipinski definition) is 4. The van der Waals surface area contributed by atoms with E-state index in [4.69, 9.17) is 0 Å². The van der Waals surface area contributed by atoms with Gasteiger partial charge in [-0.25, -0.2) is 8.42 Å². The first-order valence-electron chi connectivity index (χ1n) is 12.6. The smallest absolute Gasteiger partial charge is 0.748 e. The predicted molar refractivity (Wildman–Crippen MR) is 123 cm³/mol. The third kappa shape index (κ3) is 29.5. The van der Waals surface area contributed by atoms with E-state index in [1.165, 1.54) is 89.9 Å². The first-order valence-corrected chi connectivity index (χ1v) is 14.1. The van der Waals surface area contributed by atoms with Crippen molar-refractivity contribution in [3.63, 3.8) is 0 Å². The second kappa shape index (κ2) is 25.1. The number of unbranched alkanes of at least 4 members (excludes halogenated alkanes) is 17. The van der Waals surface area contributed by atoms with Crippen molar-refractivity contribution in [3.05, 3.63) is 0 Å². The third-order valence-electron chi connectivity index (χ3n) is 5.82. The summed E-state index contributed by atoms with van der Waals surface area (Å²) >= 11 is 0. The molecular weight excluding hydrogens is 423 g/mol. The van der Waals surface area contributed by atoms with Gasteiger partial charge in [0.25, 0.3) is 0 Å². The van der Waals surface area contributed by atoms with Crippen molar-refractivity contribution < 1.29 is 69.5 Å². The molecule has 1 unspecified atom stereocenters. The molecule has 0 aromatic carbocycles. The molecular formula is C24H49KO4S. The van der Waals surface area contributed by atoms with Gasteiger partial charge in [-0.15, -0.1) is 0 Å². The van der Waals surface area contributed by atoms with E-state index in [1.807, 2.05) is 0 Å². The Morgan fingerprint density at radius 3 is 1.23 bits per heavy atom. The van der Waals surface area contributed by atoms with Crippen LogP contribution in [0.15, 0.2) is 0 Å². The van der Waals surface area contributed by atoms with Crippen LogP contribution in [0.2, 0.25) is 0 Å². The maximum atomic E-state index is 10.5. The Balaban J connectivity index is 0. The van der Waals surface area contributed by atoms with Gasteiger partial charge < -0.3 is 9.66 Å². The van der Waals surface area contributed by atoms with Gasteiger partial charge in [0.15, 0.2) is 0 Å². The number of rotatable bonds is 23. The zero-order valence-corrected chi connectivity index (χ0v) is 24.2. The van der Waals surface area contributed by atoms with Crippen molar-refractivity contribution in [1.82, 2.24) is 0 Å². The molecule has 4 nitrogen and oxygen atoms in total. The van der Waals surface area contributed by atoms with Crippen LogP contribution >= 0.6 is 0 Å². The molecule has 0 saturated carbocycles. The number of aliphatic hydroxyl groups excluding tert-OH is 1. The molecule has 0 spiro atoms. The van der Waals surface area contributed by atoms with Crippen LogP contribution in [-0.2, 0) is 10.1 Å². The molecule has 176 valence electrons. The normalized spacial score (nSPS) is 12.6. The van der Waals surface area contributed by atoms with Crippen LogP contribution in [0.5, 0.6) is 0 Å². The molecule has 1 atom stereocenters. The van der Waals surface area contributed by atoms with Gasteiger partial charge in [0.2, 0.25) is 0 Å². The second-order valence-electron chi connectivity index (χ2n) is 8.86. The molecule has 0 aliphatic rings. The predicted octanol–water partition coefficient (Wildman–Crippen LogP) is 4.11. The van der Waals surface area contributed by atoms with Crippen molar-refractivity contribution in [1.29, 1.82) is 0 Å². The fourth-order valence-electron chi connectivity index (χ4n) is 3.91. The summed E-state index contributed by atoms with van der Waals surface area (Å²) in [5.74, 6) is -0.210. The average molecular weight is 473 g/mol. The molecule has 0 saturated heterocycles. The summed E-state index contributed by atoms with van der Waals surface area (Å²) in [6.45, 7) is 2.26. The topological polar surface area (TPSA) is 77.4 Å². The van der Waals surface area contributed by atoms with E-state index in [1.54, 1.807) is 0 Å². The third-order valence-corrected chi connectivity index (χ3v) is 6.61. The minimum atomic E-state index is -4.02. The van der Waals surface area contributed by atoms with E-state index in [-0.39, 0.29) is 63.2 Å². The molecule has 0 aromatic rings. The molecule has 0 heterocycles. The van der Waals surface area contributed by atoms with Crippen molar-refractivity contribution >= 4 is 10.1 Å². The molecule has 1 N–H and O–H groups in total. The number of aliphatic hydroxyl groups is 1. The molecule has 0 aliphatic heterocycles. The van der Waals surface area contributed by atoms with E-state index in [2.05, 4.69) is 6.92 Å². The summed E-state index contributed by atoms with van der Waals surface area (Å²) in [6.07, 6.45) is 24.7. The van der Waals surface area contributed by atoms with Gasteiger partial charge in [-0.2, -0.15) is 0 Å². The molecule has 0 fully saturated rings. The summed E-state index contributed by atoms with van der Waals surface area (Å²) < 4.78 is 31.5. The van der Waals surface area contributed by atoms with Crippen LogP contribution in [0, 0.1) is 0 Å². The monoisotopic (exact) mass is 472 g/mol. The fraction of sp³-hybridized carbons (Fsp3) is 1.00. The van der Waals surface area contributed by atoms with Crippen LogP contribution in [0.1, 0.15) is 142 Å². The quantitative estimate of drug-likeness (QED) is 0.138. The van der Waals surface area contributed by atoms with Crippen LogP contribution in [0.25, 0.3) is 0 Å². The Bertz CT molecular complexity index is 429. The van der Waals surface area contributed by atoms with Crippen LogP contribution in [0.4, 0.5) is 0 Å². The Morgan fingerprint density at radius 2 is 0.900 bits per heavy atom. The van der Waals surface area contributed by atoms with E-state index in [0.29, 0.717) is 6.42 Å². The van der Waals surface area contributed by atoms with Crippen LogP contribution in [0.3, 0.4) is 0 Å². The molecule has 0 amide bonds. The zero-order chi connectivity index (χ0) is 21.6. The van der Waals surface area contributed by atoms with Gasteiger partial charge in [-0.3, -0.25) is 0 Å². The summed E-state index contributed by atoms with van der Waals surface area (Å²) in [5, 5.41) is 10.1. The summed E-state index contributed by atoms with van der Waals surface area (Å²) in [4.78, 5) is 0. The Kier molecular flexibility index (Phi) is 28.2. The summed E-state index contributed by atoms with van der Waals surface area (Å²) in [5.41, 5.74) is 0.